The lowest BCUT2D eigenvalue weighted by atomic mass is 10.1. The van der Waals surface area contributed by atoms with Gasteiger partial charge in [0.15, 0.2) is 11.6 Å². The van der Waals surface area contributed by atoms with Gasteiger partial charge in [-0.15, -0.1) is 0 Å². The van der Waals surface area contributed by atoms with Crippen molar-refractivity contribution in [1.82, 2.24) is 5.32 Å². The average molecular weight is 285 g/mol. The van der Waals surface area contributed by atoms with E-state index in [-0.39, 0.29) is 18.8 Å². The molecule has 0 unspecified atom stereocenters. The predicted molar refractivity (Wildman–Crippen MR) is 63.1 cm³/mol. The minimum absolute atomic E-state index is 0.135. The van der Waals surface area contributed by atoms with Crippen molar-refractivity contribution in [2.24, 2.45) is 0 Å². The van der Waals surface area contributed by atoms with Gasteiger partial charge in [0, 0.05) is 0 Å². The van der Waals surface area contributed by atoms with Crippen LogP contribution in [0.2, 0.25) is 0 Å². The fourth-order valence-corrected chi connectivity index (χ4v) is 2.53. The number of aliphatic hydroxyl groups is 1. The van der Waals surface area contributed by atoms with Crippen molar-refractivity contribution >= 4 is 5.91 Å². The second-order valence-corrected chi connectivity index (χ2v) is 4.84. The maximum absolute atomic E-state index is 13.5. The Morgan fingerprint density at radius 1 is 1.25 bits per heavy atom. The van der Waals surface area contributed by atoms with Crippen LogP contribution in [0.5, 0.6) is 0 Å². The predicted octanol–water partition coefficient (Wildman–Crippen LogP) is 0.222. The number of aliphatic hydroxyl groups excluding tert-OH is 1. The molecule has 2 heterocycles. The van der Waals surface area contributed by atoms with Gasteiger partial charge in [0.25, 0.3) is 5.91 Å². The zero-order valence-electron chi connectivity index (χ0n) is 10.4. The first-order valence-corrected chi connectivity index (χ1v) is 6.24. The van der Waals surface area contributed by atoms with Gasteiger partial charge in [-0.3, -0.25) is 4.79 Å². The second-order valence-electron chi connectivity index (χ2n) is 4.84. The SMILES string of the molecule is O=C(N[C@H]1CO[C@H]2[C@@H]1OC[C@H]2O)c1cccc(F)c1F. The summed E-state index contributed by atoms with van der Waals surface area (Å²) in [7, 11) is 0. The first kappa shape index (κ1) is 13.4. The Kier molecular flexibility index (Phi) is 3.41. The molecular formula is C13H13F2NO4. The summed E-state index contributed by atoms with van der Waals surface area (Å²) in [5.74, 6) is -3.00. The van der Waals surface area contributed by atoms with E-state index in [1.54, 1.807) is 0 Å². The van der Waals surface area contributed by atoms with Gasteiger partial charge in [-0.2, -0.15) is 0 Å². The molecule has 1 aromatic rings. The van der Waals surface area contributed by atoms with Gasteiger partial charge >= 0.3 is 0 Å². The Balaban J connectivity index is 1.72. The molecule has 4 atom stereocenters. The standard InChI is InChI=1S/C13H13F2NO4/c14-7-3-1-2-6(10(7)15)13(18)16-8-4-19-12-9(17)5-20-11(8)12/h1-3,8-9,11-12,17H,4-5H2,(H,16,18)/t8-,9+,11+,12+/m0/s1. The number of carbonyl (C=O) groups excluding carboxylic acids is 1. The molecule has 1 amide bonds. The molecule has 0 radical (unpaired) electrons. The second kappa shape index (κ2) is 5.08. The lowest BCUT2D eigenvalue weighted by molar-refractivity contribution is 0.0178. The van der Waals surface area contributed by atoms with Crippen LogP contribution in [0.4, 0.5) is 8.78 Å². The van der Waals surface area contributed by atoms with Gasteiger partial charge in [0.2, 0.25) is 0 Å². The van der Waals surface area contributed by atoms with Crippen molar-refractivity contribution in [2.75, 3.05) is 13.2 Å². The van der Waals surface area contributed by atoms with Gasteiger partial charge in [0.1, 0.15) is 18.3 Å². The van der Waals surface area contributed by atoms with E-state index in [4.69, 9.17) is 9.47 Å². The molecular weight excluding hydrogens is 272 g/mol. The van der Waals surface area contributed by atoms with E-state index >= 15 is 0 Å². The Labute approximate surface area is 113 Å². The molecule has 1 aromatic carbocycles. The summed E-state index contributed by atoms with van der Waals surface area (Å²) < 4.78 is 37.3. The first-order valence-electron chi connectivity index (χ1n) is 6.24. The van der Waals surface area contributed by atoms with Gasteiger partial charge in [-0.1, -0.05) is 6.07 Å². The Morgan fingerprint density at radius 3 is 2.80 bits per heavy atom. The molecule has 2 aliphatic heterocycles. The van der Waals surface area contributed by atoms with Crippen molar-refractivity contribution in [3.05, 3.63) is 35.4 Å². The number of benzene rings is 1. The van der Waals surface area contributed by atoms with Crippen LogP contribution < -0.4 is 5.32 Å². The molecule has 0 spiro atoms. The quantitative estimate of drug-likeness (QED) is 0.816. The zero-order chi connectivity index (χ0) is 14.3. The monoisotopic (exact) mass is 285 g/mol. The van der Waals surface area contributed by atoms with Crippen LogP contribution in [0.15, 0.2) is 18.2 Å². The summed E-state index contributed by atoms with van der Waals surface area (Å²) in [6, 6.07) is 2.91. The zero-order valence-corrected chi connectivity index (χ0v) is 10.4. The number of nitrogens with one attached hydrogen (secondary N) is 1. The highest BCUT2D eigenvalue weighted by Crippen LogP contribution is 2.27. The van der Waals surface area contributed by atoms with E-state index in [9.17, 15) is 18.7 Å². The van der Waals surface area contributed by atoms with E-state index in [2.05, 4.69) is 5.32 Å². The van der Waals surface area contributed by atoms with E-state index in [1.807, 2.05) is 0 Å². The number of hydrogen-bond donors (Lipinski definition) is 2. The Hall–Kier alpha value is -1.57. The fraction of sp³-hybridized carbons (Fsp3) is 0.462. The van der Waals surface area contributed by atoms with Crippen molar-refractivity contribution < 1.29 is 28.2 Å². The van der Waals surface area contributed by atoms with Gasteiger partial charge in [0.05, 0.1) is 24.8 Å². The molecule has 0 saturated carbocycles. The highest BCUT2D eigenvalue weighted by Gasteiger charge is 2.47. The average Bonchev–Trinajstić information content (AvgIpc) is 2.97. The molecule has 0 aromatic heterocycles. The molecule has 20 heavy (non-hydrogen) atoms. The van der Waals surface area contributed by atoms with E-state index in [0.29, 0.717) is 0 Å². The third-order valence-electron chi connectivity index (χ3n) is 3.54. The van der Waals surface area contributed by atoms with E-state index in [0.717, 1.165) is 6.07 Å². The smallest absolute Gasteiger partial charge is 0.254 e. The Bertz CT molecular complexity index is 539. The number of rotatable bonds is 2. The maximum atomic E-state index is 13.5. The van der Waals surface area contributed by atoms with Crippen molar-refractivity contribution in [1.29, 1.82) is 0 Å². The summed E-state index contributed by atoms with van der Waals surface area (Å²) in [5, 5.41) is 12.1. The summed E-state index contributed by atoms with van der Waals surface area (Å²) in [6.45, 7) is 0.297. The lowest BCUT2D eigenvalue weighted by Gasteiger charge is -2.17. The number of amides is 1. The van der Waals surface area contributed by atoms with Crippen LogP contribution in [0.3, 0.4) is 0 Å². The summed E-state index contributed by atoms with van der Waals surface area (Å²) in [6.07, 6.45) is -1.68. The topological polar surface area (TPSA) is 67.8 Å². The molecule has 7 heteroatoms. The number of halogens is 2. The van der Waals surface area contributed by atoms with Gasteiger partial charge in [-0.05, 0) is 12.1 Å². The first-order chi connectivity index (χ1) is 9.58. The summed E-state index contributed by atoms with van der Waals surface area (Å²) in [5.41, 5.74) is -0.369. The normalized spacial score (nSPS) is 32.1. The molecule has 108 valence electrons. The van der Waals surface area contributed by atoms with Crippen molar-refractivity contribution in [3.63, 3.8) is 0 Å². The molecule has 5 nitrogen and oxygen atoms in total. The Morgan fingerprint density at radius 2 is 2.00 bits per heavy atom. The van der Waals surface area contributed by atoms with Crippen molar-refractivity contribution in [2.45, 2.75) is 24.4 Å². The van der Waals surface area contributed by atoms with Gasteiger partial charge in [-0.25, -0.2) is 8.78 Å². The third kappa shape index (κ3) is 2.17. The summed E-state index contributed by atoms with van der Waals surface area (Å²) >= 11 is 0. The lowest BCUT2D eigenvalue weighted by Crippen LogP contribution is -2.44. The van der Waals surface area contributed by atoms with E-state index < -0.39 is 41.9 Å². The fourth-order valence-electron chi connectivity index (χ4n) is 2.53. The molecule has 0 bridgehead atoms. The maximum Gasteiger partial charge on any atom is 0.254 e. The number of fused-ring (bicyclic) bond motifs is 1. The van der Waals surface area contributed by atoms with Gasteiger partial charge < -0.3 is 19.9 Å². The summed E-state index contributed by atoms with van der Waals surface area (Å²) in [4.78, 5) is 12.0. The molecule has 2 saturated heterocycles. The number of hydrogen-bond acceptors (Lipinski definition) is 4. The van der Waals surface area contributed by atoms with Crippen LogP contribution >= 0.6 is 0 Å². The number of carbonyl (C=O) groups is 1. The van der Waals surface area contributed by atoms with Crippen LogP contribution in [-0.2, 0) is 9.47 Å². The number of ether oxygens (including phenoxy) is 2. The highest BCUT2D eigenvalue weighted by molar-refractivity contribution is 5.94. The van der Waals surface area contributed by atoms with Crippen LogP contribution in [-0.4, -0.2) is 48.6 Å². The largest absolute Gasteiger partial charge is 0.388 e. The van der Waals surface area contributed by atoms with Crippen LogP contribution in [0, 0.1) is 11.6 Å². The van der Waals surface area contributed by atoms with Crippen LogP contribution in [0.1, 0.15) is 10.4 Å². The molecule has 2 fully saturated rings. The molecule has 2 N–H and O–H groups in total. The third-order valence-corrected chi connectivity index (χ3v) is 3.54. The highest BCUT2D eigenvalue weighted by atomic mass is 19.2. The van der Waals surface area contributed by atoms with Crippen molar-refractivity contribution in [3.8, 4) is 0 Å². The minimum Gasteiger partial charge on any atom is -0.388 e. The molecule has 0 aliphatic carbocycles. The van der Waals surface area contributed by atoms with E-state index in [1.165, 1.54) is 12.1 Å². The molecule has 3 rings (SSSR count). The van der Waals surface area contributed by atoms with Crippen LogP contribution in [0.25, 0.3) is 0 Å². The minimum atomic E-state index is -1.19. The molecule has 2 aliphatic rings.